The van der Waals surface area contributed by atoms with E-state index in [0.717, 1.165) is 5.76 Å². The molecule has 31 heavy (non-hydrogen) atoms. The minimum atomic E-state index is -0.353. The van der Waals surface area contributed by atoms with E-state index in [1.54, 1.807) is 39.6 Å². The smallest absolute Gasteiger partial charge is 0.409 e. The Labute approximate surface area is 184 Å². The molecule has 2 aromatic heterocycles. The summed E-state index contributed by atoms with van der Waals surface area (Å²) in [4.78, 5) is 28.7. The van der Waals surface area contributed by atoms with Crippen LogP contribution in [0.25, 0.3) is 17.1 Å². The van der Waals surface area contributed by atoms with E-state index in [9.17, 15) is 9.59 Å². The van der Waals surface area contributed by atoms with Crippen molar-refractivity contribution in [1.82, 2.24) is 19.6 Å². The molecule has 1 aliphatic rings. The van der Waals surface area contributed by atoms with Crippen LogP contribution in [0.4, 0.5) is 4.79 Å². The van der Waals surface area contributed by atoms with Crippen molar-refractivity contribution in [3.63, 3.8) is 0 Å². The van der Waals surface area contributed by atoms with Gasteiger partial charge < -0.3 is 19.0 Å². The lowest BCUT2D eigenvalue weighted by Gasteiger charge is -2.34. The van der Waals surface area contributed by atoms with Crippen LogP contribution in [-0.4, -0.2) is 64.4 Å². The molecule has 3 aromatic rings. The summed E-state index contributed by atoms with van der Waals surface area (Å²) in [5.74, 6) is 1.17. The van der Waals surface area contributed by atoms with Crippen LogP contribution in [0.2, 0.25) is 5.02 Å². The number of carbonyl (C=O) groups excluding carboxylic acids is 2. The first-order valence-electron chi connectivity index (χ1n) is 10.1. The molecule has 1 saturated heterocycles. The number of hydrogen-bond acceptors (Lipinski definition) is 5. The summed E-state index contributed by atoms with van der Waals surface area (Å²) in [6.07, 6.45) is -0.353. The predicted octanol–water partition coefficient (Wildman–Crippen LogP) is 4.01. The second kappa shape index (κ2) is 8.85. The fourth-order valence-electron chi connectivity index (χ4n) is 3.50. The number of hydrogen-bond donors (Lipinski definition) is 0. The minimum Gasteiger partial charge on any atom is -0.460 e. The number of nitrogens with zero attached hydrogens (tertiary/aromatic N) is 4. The molecule has 1 aliphatic heterocycles. The molecule has 8 nitrogen and oxygen atoms in total. The van der Waals surface area contributed by atoms with Crippen molar-refractivity contribution in [2.45, 2.75) is 13.8 Å². The first kappa shape index (κ1) is 21.0. The standard InChI is InChI=1S/C22H23ClN4O4/c1-3-30-22(29)26-11-9-25(10-12-26)21(28)19-14-18(20-8-7-15(2)31-20)24-27(19)17-6-4-5-16(23)13-17/h4-8,13-14H,3,9-12H2,1-2H3. The molecule has 0 unspecified atom stereocenters. The van der Waals surface area contributed by atoms with Crippen LogP contribution in [-0.2, 0) is 4.74 Å². The van der Waals surface area contributed by atoms with Crippen molar-refractivity contribution in [2.24, 2.45) is 0 Å². The lowest BCUT2D eigenvalue weighted by Crippen LogP contribution is -2.51. The third-order valence-corrected chi connectivity index (χ3v) is 5.30. The zero-order valence-corrected chi connectivity index (χ0v) is 18.1. The number of amides is 2. The molecule has 0 N–H and O–H groups in total. The monoisotopic (exact) mass is 442 g/mol. The van der Waals surface area contributed by atoms with Crippen molar-refractivity contribution in [3.05, 3.63) is 58.9 Å². The van der Waals surface area contributed by atoms with Gasteiger partial charge in [0, 0.05) is 37.3 Å². The van der Waals surface area contributed by atoms with Crippen LogP contribution in [0.1, 0.15) is 23.2 Å². The molecule has 3 heterocycles. The molecule has 0 bridgehead atoms. The molecule has 162 valence electrons. The highest BCUT2D eigenvalue weighted by molar-refractivity contribution is 6.30. The maximum absolute atomic E-state index is 13.4. The maximum atomic E-state index is 13.4. The van der Waals surface area contributed by atoms with Gasteiger partial charge in [-0.25, -0.2) is 9.48 Å². The van der Waals surface area contributed by atoms with Crippen molar-refractivity contribution in [3.8, 4) is 17.1 Å². The lowest BCUT2D eigenvalue weighted by atomic mass is 10.2. The molecule has 0 atom stereocenters. The van der Waals surface area contributed by atoms with Gasteiger partial charge in [0.05, 0.1) is 12.3 Å². The second-order valence-corrected chi connectivity index (χ2v) is 7.63. The highest BCUT2D eigenvalue weighted by Gasteiger charge is 2.28. The molecule has 0 radical (unpaired) electrons. The summed E-state index contributed by atoms with van der Waals surface area (Å²) in [6.45, 7) is 5.60. The van der Waals surface area contributed by atoms with Gasteiger partial charge in [-0.15, -0.1) is 0 Å². The Morgan fingerprint density at radius 1 is 1.10 bits per heavy atom. The number of benzene rings is 1. The molecular formula is C22H23ClN4O4. The molecule has 0 saturated carbocycles. The van der Waals surface area contributed by atoms with Crippen LogP contribution < -0.4 is 0 Å². The summed E-state index contributed by atoms with van der Waals surface area (Å²) in [6, 6.07) is 12.6. The van der Waals surface area contributed by atoms with Gasteiger partial charge in [0.15, 0.2) is 5.76 Å². The van der Waals surface area contributed by atoms with Crippen LogP contribution in [0.3, 0.4) is 0 Å². The minimum absolute atomic E-state index is 0.175. The van der Waals surface area contributed by atoms with Crippen molar-refractivity contribution in [2.75, 3.05) is 32.8 Å². The van der Waals surface area contributed by atoms with E-state index in [2.05, 4.69) is 5.10 Å². The third-order valence-electron chi connectivity index (χ3n) is 5.07. The van der Waals surface area contributed by atoms with Gasteiger partial charge in [-0.3, -0.25) is 4.79 Å². The molecule has 1 fully saturated rings. The van der Waals surface area contributed by atoms with Crippen molar-refractivity contribution in [1.29, 1.82) is 0 Å². The Hall–Kier alpha value is -3.26. The number of ether oxygens (including phenoxy) is 1. The molecule has 1 aromatic carbocycles. The molecule has 9 heteroatoms. The quantitative estimate of drug-likeness (QED) is 0.609. The number of rotatable bonds is 4. The summed E-state index contributed by atoms with van der Waals surface area (Å²) < 4.78 is 12.3. The Kier molecular flexibility index (Phi) is 5.99. The lowest BCUT2D eigenvalue weighted by molar-refractivity contribution is 0.0563. The van der Waals surface area contributed by atoms with E-state index < -0.39 is 0 Å². The van der Waals surface area contributed by atoms with Gasteiger partial charge in [-0.1, -0.05) is 17.7 Å². The van der Waals surface area contributed by atoms with E-state index in [1.165, 1.54) is 0 Å². The van der Waals surface area contributed by atoms with Crippen LogP contribution in [0.15, 0.2) is 46.9 Å². The Morgan fingerprint density at radius 2 is 1.84 bits per heavy atom. The van der Waals surface area contributed by atoms with E-state index >= 15 is 0 Å². The van der Waals surface area contributed by atoms with Crippen LogP contribution >= 0.6 is 11.6 Å². The summed E-state index contributed by atoms with van der Waals surface area (Å²) in [5, 5.41) is 5.17. The summed E-state index contributed by atoms with van der Waals surface area (Å²) in [5.41, 5.74) is 1.63. The first-order chi connectivity index (χ1) is 15.0. The zero-order chi connectivity index (χ0) is 22.0. The Bertz CT molecular complexity index is 1100. The van der Waals surface area contributed by atoms with E-state index in [-0.39, 0.29) is 12.0 Å². The van der Waals surface area contributed by atoms with Gasteiger partial charge in [-0.2, -0.15) is 5.10 Å². The fourth-order valence-corrected chi connectivity index (χ4v) is 3.68. The average Bonchev–Trinajstić information content (AvgIpc) is 3.40. The Balaban J connectivity index is 1.63. The number of aromatic nitrogens is 2. The number of carbonyl (C=O) groups is 2. The number of piperazine rings is 1. The maximum Gasteiger partial charge on any atom is 0.409 e. The Morgan fingerprint density at radius 3 is 2.48 bits per heavy atom. The second-order valence-electron chi connectivity index (χ2n) is 7.19. The highest BCUT2D eigenvalue weighted by Crippen LogP contribution is 2.26. The van der Waals surface area contributed by atoms with E-state index in [0.29, 0.717) is 60.6 Å². The molecule has 0 spiro atoms. The zero-order valence-electron chi connectivity index (χ0n) is 17.4. The van der Waals surface area contributed by atoms with Gasteiger partial charge in [0.1, 0.15) is 17.1 Å². The number of halogens is 1. The van der Waals surface area contributed by atoms with Gasteiger partial charge in [0.2, 0.25) is 0 Å². The van der Waals surface area contributed by atoms with Crippen molar-refractivity contribution >= 4 is 23.6 Å². The van der Waals surface area contributed by atoms with E-state index in [1.807, 2.05) is 31.2 Å². The molecule has 4 rings (SSSR count). The fraction of sp³-hybridized carbons (Fsp3) is 0.318. The normalized spacial score (nSPS) is 14.0. The van der Waals surface area contributed by atoms with Crippen LogP contribution in [0.5, 0.6) is 0 Å². The molecule has 0 aliphatic carbocycles. The van der Waals surface area contributed by atoms with Crippen LogP contribution in [0, 0.1) is 6.92 Å². The SMILES string of the molecule is CCOC(=O)N1CCN(C(=O)c2cc(-c3ccc(C)o3)nn2-c2cccc(Cl)c2)CC1. The van der Waals surface area contributed by atoms with Crippen molar-refractivity contribution < 1.29 is 18.7 Å². The largest absolute Gasteiger partial charge is 0.460 e. The predicted molar refractivity (Wildman–Crippen MR) is 116 cm³/mol. The average molecular weight is 443 g/mol. The first-order valence-corrected chi connectivity index (χ1v) is 10.5. The van der Waals surface area contributed by atoms with Gasteiger partial charge in [-0.05, 0) is 44.2 Å². The molecule has 2 amide bonds. The number of furan rings is 1. The topological polar surface area (TPSA) is 80.8 Å². The molecular weight excluding hydrogens is 420 g/mol. The van der Waals surface area contributed by atoms with Gasteiger partial charge in [0.25, 0.3) is 5.91 Å². The third kappa shape index (κ3) is 4.44. The summed E-state index contributed by atoms with van der Waals surface area (Å²) in [7, 11) is 0. The summed E-state index contributed by atoms with van der Waals surface area (Å²) >= 11 is 6.17. The van der Waals surface area contributed by atoms with Gasteiger partial charge >= 0.3 is 6.09 Å². The van der Waals surface area contributed by atoms with E-state index in [4.69, 9.17) is 20.8 Å². The number of aryl methyl sites for hydroxylation is 1. The highest BCUT2D eigenvalue weighted by atomic mass is 35.5.